The molecule has 0 spiro atoms. The van der Waals surface area contributed by atoms with E-state index in [2.05, 4.69) is 32.7 Å². The number of nitrogens with one attached hydrogen (secondary N) is 2. The number of carbonyl (C=O) groups excluding carboxylic acids is 1. The van der Waals surface area contributed by atoms with Gasteiger partial charge in [-0.05, 0) is 45.7 Å². The Morgan fingerprint density at radius 3 is 2.73 bits per heavy atom. The van der Waals surface area contributed by atoms with Crippen LogP contribution in [0.3, 0.4) is 0 Å². The smallest absolute Gasteiger partial charge is 0.222 e. The van der Waals surface area contributed by atoms with Crippen molar-refractivity contribution in [3.05, 3.63) is 11.6 Å². The van der Waals surface area contributed by atoms with Gasteiger partial charge < -0.3 is 20.1 Å². The van der Waals surface area contributed by atoms with E-state index in [0.717, 1.165) is 63.2 Å². The summed E-state index contributed by atoms with van der Waals surface area (Å²) in [5, 5.41) is 15.3. The second-order valence-corrected chi connectivity index (χ2v) is 7.96. The monoisotopic (exact) mass is 532 g/mol. The van der Waals surface area contributed by atoms with Crippen molar-refractivity contribution in [2.45, 2.75) is 58.5 Å². The van der Waals surface area contributed by atoms with Crippen LogP contribution in [0.15, 0.2) is 4.99 Å². The SMILES string of the molecule is CCN1CCCC1CNC(=NCc1nnc(C)n1C)NCCCN1CCCC1=O.I. The number of nitrogens with zero attached hydrogens (tertiary/aromatic N) is 6. The van der Waals surface area contributed by atoms with E-state index in [1.165, 1.54) is 19.4 Å². The van der Waals surface area contributed by atoms with E-state index in [-0.39, 0.29) is 29.9 Å². The normalized spacial score (nSPS) is 20.0. The number of guanidine groups is 1. The molecule has 2 saturated heterocycles. The minimum atomic E-state index is 0. The molecule has 0 aliphatic carbocycles. The molecule has 1 aromatic rings. The Morgan fingerprint density at radius 2 is 2.07 bits per heavy atom. The Balaban J connectivity index is 0.00000320. The molecular weight excluding hydrogens is 495 g/mol. The zero-order valence-corrected chi connectivity index (χ0v) is 20.9. The van der Waals surface area contributed by atoms with Crippen molar-refractivity contribution < 1.29 is 4.79 Å². The first-order valence-electron chi connectivity index (χ1n) is 11.0. The van der Waals surface area contributed by atoms with Crippen molar-refractivity contribution >= 4 is 35.8 Å². The van der Waals surface area contributed by atoms with Crippen LogP contribution in [0.5, 0.6) is 0 Å². The largest absolute Gasteiger partial charge is 0.356 e. The molecule has 0 bridgehead atoms. The predicted octanol–water partition coefficient (Wildman–Crippen LogP) is 1.27. The number of amides is 1. The zero-order valence-electron chi connectivity index (χ0n) is 18.6. The van der Waals surface area contributed by atoms with E-state index < -0.39 is 0 Å². The van der Waals surface area contributed by atoms with Crippen molar-refractivity contribution in [1.82, 2.24) is 35.2 Å². The third kappa shape index (κ3) is 6.79. The summed E-state index contributed by atoms with van der Waals surface area (Å²) in [6.07, 6.45) is 5.11. The molecule has 1 aromatic heterocycles. The number of aryl methyl sites for hydroxylation is 1. The minimum absolute atomic E-state index is 0. The second-order valence-electron chi connectivity index (χ2n) is 7.96. The number of carbonyl (C=O) groups is 1. The number of halogens is 1. The highest BCUT2D eigenvalue weighted by molar-refractivity contribution is 14.0. The van der Waals surface area contributed by atoms with Gasteiger partial charge in [0, 0.05) is 45.7 Å². The van der Waals surface area contributed by atoms with Crippen molar-refractivity contribution in [2.75, 3.05) is 39.3 Å². The van der Waals surface area contributed by atoms with Crippen molar-refractivity contribution in [2.24, 2.45) is 12.0 Å². The number of rotatable bonds is 9. The Labute approximate surface area is 197 Å². The summed E-state index contributed by atoms with van der Waals surface area (Å²) in [5.74, 6) is 2.83. The molecule has 9 nitrogen and oxygen atoms in total. The van der Waals surface area contributed by atoms with E-state index >= 15 is 0 Å². The number of hydrogen-bond acceptors (Lipinski definition) is 5. The van der Waals surface area contributed by atoms with Crippen LogP contribution in [-0.2, 0) is 18.4 Å². The molecule has 170 valence electrons. The molecule has 2 aliphatic heterocycles. The van der Waals surface area contributed by atoms with Crippen LogP contribution in [0.1, 0.15) is 50.7 Å². The summed E-state index contributed by atoms with van der Waals surface area (Å²) in [7, 11) is 1.96. The molecule has 1 amide bonds. The first-order valence-corrected chi connectivity index (χ1v) is 11.0. The Morgan fingerprint density at radius 1 is 1.23 bits per heavy atom. The molecule has 10 heteroatoms. The average Bonchev–Trinajstić information content (AvgIpc) is 3.43. The van der Waals surface area contributed by atoms with Crippen LogP contribution in [0.25, 0.3) is 0 Å². The number of aliphatic imine (C=N–C) groups is 1. The Bertz CT molecular complexity index is 707. The van der Waals surface area contributed by atoms with E-state index in [9.17, 15) is 4.79 Å². The molecule has 2 N–H and O–H groups in total. The van der Waals surface area contributed by atoms with Gasteiger partial charge in [0.1, 0.15) is 12.4 Å². The zero-order chi connectivity index (χ0) is 20.6. The highest BCUT2D eigenvalue weighted by atomic mass is 127. The van der Waals surface area contributed by atoms with Crippen LogP contribution in [0, 0.1) is 6.92 Å². The summed E-state index contributed by atoms with van der Waals surface area (Å²) < 4.78 is 1.97. The third-order valence-electron chi connectivity index (χ3n) is 6.04. The van der Waals surface area contributed by atoms with E-state index in [1.807, 2.05) is 23.4 Å². The van der Waals surface area contributed by atoms with E-state index in [4.69, 9.17) is 4.99 Å². The van der Waals surface area contributed by atoms with E-state index in [1.54, 1.807) is 0 Å². The third-order valence-corrected chi connectivity index (χ3v) is 6.04. The minimum Gasteiger partial charge on any atom is -0.356 e. The lowest BCUT2D eigenvalue weighted by Crippen LogP contribution is -2.45. The van der Waals surface area contributed by atoms with Crippen LogP contribution in [-0.4, -0.2) is 81.7 Å². The number of likely N-dealkylation sites (tertiary alicyclic amines) is 2. The summed E-state index contributed by atoms with van der Waals surface area (Å²) in [4.78, 5) is 21.0. The van der Waals surface area contributed by atoms with Crippen LogP contribution < -0.4 is 10.6 Å². The molecule has 3 rings (SSSR count). The van der Waals surface area contributed by atoms with Crippen molar-refractivity contribution in [3.63, 3.8) is 0 Å². The topological polar surface area (TPSA) is 90.7 Å². The number of likely N-dealkylation sites (N-methyl/N-ethyl adjacent to an activating group) is 1. The van der Waals surface area contributed by atoms with Gasteiger partial charge in [-0.2, -0.15) is 0 Å². The maximum absolute atomic E-state index is 11.8. The van der Waals surface area contributed by atoms with Gasteiger partial charge in [-0.1, -0.05) is 6.92 Å². The van der Waals surface area contributed by atoms with Gasteiger partial charge in [-0.3, -0.25) is 9.69 Å². The average molecular weight is 532 g/mol. The van der Waals surface area contributed by atoms with Gasteiger partial charge in [-0.15, -0.1) is 34.2 Å². The van der Waals surface area contributed by atoms with Gasteiger partial charge in [0.05, 0.1) is 0 Å². The first kappa shape index (κ1) is 24.8. The number of hydrogen-bond donors (Lipinski definition) is 2. The fraction of sp³-hybridized carbons (Fsp3) is 0.800. The standard InChI is InChI=1S/C20H36N8O.HI/c1-4-27-11-5-8-17(27)14-22-20(23-15-18-25-24-16(2)26(18)3)21-10-7-13-28-12-6-9-19(28)29;/h17H,4-15H2,1-3H3,(H2,21,22,23);1H. The Kier molecular flexibility index (Phi) is 10.3. The number of aromatic nitrogens is 3. The molecule has 2 fully saturated rings. The molecule has 0 saturated carbocycles. The Hall–Kier alpha value is -1.43. The van der Waals surface area contributed by atoms with E-state index in [0.29, 0.717) is 19.0 Å². The van der Waals surface area contributed by atoms with Crippen molar-refractivity contribution in [3.8, 4) is 0 Å². The highest BCUT2D eigenvalue weighted by Crippen LogP contribution is 2.15. The molecule has 30 heavy (non-hydrogen) atoms. The molecule has 1 atom stereocenters. The summed E-state index contributed by atoms with van der Waals surface area (Å²) in [6.45, 7) is 10.3. The maximum Gasteiger partial charge on any atom is 0.222 e. The quantitative estimate of drug-likeness (QED) is 0.216. The first-order chi connectivity index (χ1) is 14.1. The van der Waals surface area contributed by atoms with Gasteiger partial charge >= 0.3 is 0 Å². The molecule has 0 aromatic carbocycles. The second kappa shape index (κ2) is 12.4. The molecule has 1 unspecified atom stereocenters. The van der Waals surface area contributed by atoms with Gasteiger partial charge in [0.15, 0.2) is 11.8 Å². The molecule has 0 radical (unpaired) electrons. The summed E-state index contributed by atoms with van der Waals surface area (Å²) in [5.41, 5.74) is 0. The van der Waals surface area contributed by atoms with Crippen LogP contribution >= 0.6 is 24.0 Å². The highest BCUT2D eigenvalue weighted by Gasteiger charge is 2.23. The fourth-order valence-electron chi connectivity index (χ4n) is 4.09. The van der Waals surface area contributed by atoms with Gasteiger partial charge in [0.2, 0.25) is 5.91 Å². The van der Waals surface area contributed by atoms with Crippen LogP contribution in [0.2, 0.25) is 0 Å². The fourth-order valence-corrected chi connectivity index (χ4v) is 4.09. The summed E-state index contributed by atoms with van der Waals surface area (Å²) in [6, 6.07) is 0.561. The van der Waals surface area contributed by atoms with Gasteiger partial charge in [0.25, 0.3) is 0 Å². The summed E-state index contributed by atoms with van der Waals surface area (Å²) >= 11 is 0. The molecule has 2 aliphatic rings. The lowest BCUT2D eigenvalue weighted by Gasteiger charge is -2.24. The molecule has 3 heterocycles. The lowest BCUT2D eigenvalue weighted by atomic mass is 10.2. The predicted molar refractivity (Wildman–Crippen MR) is 129 cm³/mol. The van der Waals surface area contributed by atoms with Crippen LogP contribution in [0.4, 0.5) is 0 Å². The lowest BCUT2D eigenvalue weighted by molar-refractivity contribution is -0.127. The van der Waals surface area contributed by atoms with Gasteiger partial charge in [-0.25, -0.2) is 4.99 Å². The maximum atomic E-state index is 11.8. The van der Waals surface area contributed by atoms with Crippen molar-refractivity contribution in [1.29, 1.82) is 0 Å². The molecular formula is C20H37IN8O.